The number of hydrogen-bond acceptors (Lipinski definition) is 3. The number of hydrogen-bond donors (Lipinski definition) is 1. The molecule has 32 heavy (non-hydrogen) atoms. The minimum absolute atomic E-state index is 0.103. The van der Waals surface area contributed by atoms with Gasteiger partial charge in [-0.25, -0.2) is 0 Å². The highest BCUT2D eigenvalue weighted by Gasteiger charge is 2.32. The fourth-order valence-electron chi connectivity index (χ4n) is 5.47. The number of fused-ring (bicyclic) bond motifs is 2. The van der Waals surface area contributed by atoms with Crippen LogP contribution in [-0.4, -0.2) is 34.6 Å². The van der Waals surface area contributed by atoms with Crippen LogP contribution >= 0.6 is 0 Å². The van der Waals surface area contributed by atoms with Crippen LogP contribution in [-0.2, 0) is 26.4 Å². The summed E-state index contributed by atoms with van der Waals surface area (Å²) in [6, 6.07) is 6.15. The van der Waals surface area contributed by atoms with Gasteiger partial charge in [-0.05, 0) is 67.3 Å². The molecule has 0 aliphatic carbocycles. The maximum Gasteiger partial charge on any atom is 0.253 e. The lowest BCUT2D eigenvalue weighted by atomic mass is 9.89. The summed E-state index contributed by atoms with van der Waals surface area (Å²) < 4.78 is 1.73. The zero-order valence-electron chi connectivity index (χ0n) is 21.3. The van der Waals surface area contributed by atoms with E-state index in [0.717, 1.165) is 36.9 Å². The van der Waals surface area contributed by atoms with E-state index in [1.165, 1.54) is 48.2 Å². The number of likely N-dealkylation sites (tertiary alicyclic amines) is 1. The van der Waals surface area contributed by atoms with Gasteiger partial charge in [-0.1, -0.05) is 46.2 Å². The summed E-state index contributed by atoms with van der Waals surface area (Å²) in [4.78, 5) is 15.0. The molecule has 4 heteroatoms. The van der Waals surface area contributed by atoms with Gasteiger partial charge in [-0.15, -0.1) is 0 Å². The van der Waals surface area contributed by atoms with Gasteiger partial charge in [0.1, 0.15) is 0 Å². The summed E-state index contributed by atoms with van der Waals surface area (Å²) in [5.74, 6) is 0. The molecule has 0 radical (unpaired) electrons. The van der Waals surface area contributed by atoms with Crippen molar-refractivity contribution in [2.24, 2.45) is 7.05 Å². The van der Waals surface area contributed by atoms with E-state index in [-0.39, 0.29) is 5.56 Å². The molecule has 2 aliphatic rings. The Bertz CT molecular complexity index is 979. The molecule has 1 N–H and O–H groups in total. The number of aryl methyl sites for hydroxylation is 3. The Labute approximate surface area is 195 Å². The molecule has 2 bridgehead atoms. The zero-order chi connectivity index (χ0) is 23.4. The highest BCUT2D eigenvalue weighted by molar-refractivity contribution is 5.70. The Morgan fingerprint density at radius 3 is 2.22 bits per heavy atom. The predicted molar refractivity (Wildman–Crippen MR) is 137 cm³/mol. The number of piperazine rings is 1. The summed E-state index contributed by atoms with van der Waals surface area (Å²) in [6.45, 7) is 16.0. The highest BCUT2D eigenvalue weighted by atomic mass is 16.1. The van der Waals surface area contributed by atoms with Crippen LogP contribution in [0.4, 0.5) is 0 Å². The molecular weight excluding hydrogens is 394 g/mol. The van der Waals surface area contributed by atoms with E-state index in [1.807, 2.05) is 34.0 Å². The van der Waals surface area contributed by atoms with Crippen LogP contribution in [0.15, 0.2) is 23.1 Å². The molecule has 1 aromatic carbocycles. The third-order valence-electron chi connectivity index (χ3n) is 7.25. The fraction of sp³-hybridized carbons (Fsp3) is 0.607. The van der Waals surface area contributed by atoms with Crippen molar-refractivity contribution in [2.75, 3.05) is 13.1 Å². The van der Waals surface area contributed by atoms with E-state index >= 15 is 0 Å². The molecule has 4 rings (SSSR count). The molecule has 2 aliphatic heterocycles. The second kappa shape index (κ2) is 10.8. The van der Waals surface area contributed by atoms with Crippen molar-refractivity contribution in [1.29, 1.82) is 0 Å². The Kier molecular flexibility index (Phi) is 8.35. The van der Waals surface area contributed by atoms with Gasteiger partial charge in [0.2, 0.25) is 0 Å². The van der Waals surface area contributed by atoms with Gasteiger partial charge in [0.25, 0.3) is 5.56 Å². The number of nitrogens with zero attached hydrogens (tertiary/aromatic N) is 2. The number of pyridine rings is 1. The summed E-state index contributed by atoms with van der Waals surface area (Å²) in [5, 5.41) is 3.76. The van der Waals surface area contributed by atoms with Crippen LogP contribution in [0.5, 0.6) is 0 Å². The van der Waals surface area contributed by atoms with Crippen molar-refractivity contribution < 1.29 is 0 Å². The normalized spacial score (nSPS) is 20.2. The van der Waals surface area contributed by atoms with E-state index in [0.29, 0.717) is 12.1 Å². The molecule has 1 aromatic heterocycles. The molecule has 2 saturated heterocycles. The lowest BCUT2D eigenvalue weighted by molar-refractivity contribution is 0.188. The Morgan fingerprint density at radius 1 is 1.00 bits per heavy atom. The van der Waals surface area contributed by atoms with Crippen LogP contribution in [0.3, 0.4) is 0 Å². The molecule has 2 unspecified atom stereocenters. The van der Waals surface area contributed by atoms with Gasteiger partial charge < -0.3 is 9.88 Å². The largest absolute Gasteiger partial charge is 0.318 e. The summed E-state index contributed by atoms with van der Waals surface area (Å²) in [7, 11) is 1.86. The third-order valence-corrected chi connectivity index (χ3v) is 7.25. The Morgan fingerprint density at radius 2 is 1.62 bits per heavy atom. The predicted octanol–water partition coefficient (Wildman–Crippen LogP) is 5.15. The standard InChI is InChI=1S/C26H37N3O.C2H6/c1-6-8-20-12-21(24-15-28(5)26(30)18(4)17(24)3)11-19(7-2)25(20)16-29-13-22-9-10-23(14-29)27-22;1-2/h11-12,15,22-23,27H,6-10,13-14,16H2,1-5H3;1-2H3. The van der Waals surface area contributed by atoms with Crippen molar-refractivity contribution >= 4 is 0 Å². The van der Waals surface area contributed by atoms with Crippen molar-refractivity contribution in [3.8, 4) is 11.1 Å². The SMILES string of the molecule is CC.CCCc1cc(-c2cn(C)c(=O)c(C)c2C)cc(CC)c1CN1CC2CCC(C1)N2. The molecule has 2 atom stereocenters. The van der Waals surface area contributed by atoms with Gasteiger partial charge in [0.15, 0.2) is 0 Å². The fourth-order valence-corrected chi connectivity index (χ4v) is 5.47. The molecule has 0 saturated carbocycles. The molecule has 2 fully saturated rings. The van der Waals surface area contributed by atoms with Crippen LogP contribution in [0.25, 0.3) is 11.1 Å². The lowest BCUT2D eigenvalue weighted by Gasteiger charge is -2.34. The van der Waals surface area contributed by atoms with E-state index in [2.05, 4.69) is 43.1 Å². The minimum Gasteiger partial charge on any atom is -0.318 e. The smallest absolute Gasteiger partial charge is 0.253 e. The van der Waals surface area contributed by atoms with Gasteiger partial charge in [-0.3, -0.25) is 9.69 Å². The van der Waals surface area contributed by atoms with E-state index in [4.69, 9.17) is 0 Å². The van der Waals surface area contributed by atoms with E-state index in [1.54, 1.807) is 10.1 Å². The number of benzene rings is 1. The summed E-state index contributed by atoms with van der Waals surface area (Å²) in [5.41, 5.74) is 9.01. The first-order chi connectivity index (χ1) is 15.4. The number of nitrogens with one attached hydrogen (secondary N) is 1. The Hall–Kier alpha value is -1.91. The van der Waals surface area contributed by atoms with E-state index in [9.17, 15) is 4.79 Å². The molecule has 0 spiro atoms. The Balaban J connectivity index is 0.00000141. The molecule has 4 nitrogen and oxygen atoms in total. The average molecular weight is 438 g/mol. The monoisotopic (exact) mass is 437 g/mol. The van der Waals surface area contributed by atoms with Crippen molar-refractivity contribution in [3.05, 3.63) is 56.5 Å². The topological polar surface area (TPSA) is 37.3 Å². The molecule has 2 aromatic rings. The van der Waals surface area contributed by atoms with Gasteiger partial charge in [0.05, 0.1) is 0 Å². The van der Waals surface area contributed by atoms with Gasteiger partial charge >= 0.3 is 0 Å². The van der Waals surface area contributed by atoms with E-state index < -0.39 is 0 Å². The van der Waals surface area contributed by atoms with Gasteiger partial charge in [0, 0.05) is 56.1 Å². The van der Waals surface area contributed by atoms with Crippen molar-refractivity contribution in [2.45, 2.75) is 92.3 Å². The van der Waals surface area contributed by atoms with Crippen LogP contribution in [0, 0.1) is 13.8 Å². The second-order valence-corrected chi connectivity index (χ2v) is 9.42. The first kappa shape index (κ1) is 24.7. The third kappa shape index (κ3) is 5.02. The average Bonchev–Trinajstić information content (AvgIpc) is 3.15. The minimum atomic E-state index is 0.103. The van der Waals surface area contributed by atoms with Gasteiger partial charge in [-0.2, -0.15) is 0 Å². The second-order valence-electron chi connectivity index (χ2n) is 9.42. The maximum absolute atomic E-state index is 12.4. The van der Waals surface area contributed by atoms with Crippen molar-refractivity contribution in [1.82, 2.24) is 14.8 Å². The number of rotatable bonds is 6. The summed E-state index contributed by atoms with van der Waals surface area (Å²) >= 11 is 0. The lowest BCUT2D eigenvalue weighted by Crippen LogP contribution is -2.50. The molecule has 3 heterocycles. The number of aromatic nitrogens is 1. The first-order valence-corrected chi connectivity index (χ1v) is 12.7. The highest BCUT2D eigenvalue weighted by Crippen LogP contribution is 2.31. The van der Waals surface area contributed by atoms with Crippen molar-refractivity contribution in [3.63, 3.8) is 0 Å². The molecule has 0 amide bonds. The van der Waals surface area contributed by atoms with Crippen LogP contribution < -0.4 is 10.9 Å². The maximum atomic E-state index is 12.4. The quantitative estimate of drug-likeness (QED) is 0.679. The van der Waals surface area contributed by atoms with Crippen LogP contribution in [0.1, 0.15) is 74.8 Å². The van der Waals surface area contributed by atoms with Crippen LogP contribution in [0.2, 0.25) is 0 Å². The zero-order valence-corrected chi connectivity index (χ0v) is 21.3. The molecule has 176 valence electrons. The summed E-state index contributed by atoms with van der Waals surface area (Å²) in [6.07, 6.45) is 7.98. The molecular formula is C28H43N3O. The first-order valence-electron chi connectivity index (χ1n) is 12.7.